The van der Waals surface area contributed by atoms with Crippen LogP contribution in [0.15, 0.2) is 66.0 Å². The minimum atomic E-state index is -2.67. The van der Waals surface area contributed by atoms with E-state index in [2.05, 4.69) is 25.7 Å². The maximum atomic E-state index is 13.8. The van der Waals surface area contributed by atoms with Crippen LogP contribution < -0.4 is 10.9 Å². The monoisotopic (exact) mass is 672 g/mol. The smallest absolute Gasteiger partial charge is 0.257 e. The van der Waals surface area contributed by atoms with Gasteiger partial charge in [0.25, 0.3) is 12.0 Å². The normalized spacial score (nSPS) is 17.0. The van der Waals surface area contributed by atoms with Crippen molar-refractivity contribution in [2.45, 2.75) is 45.2 Å². The number of alkyl halides is 2. The topological polar surface area (TPSA) is 113 Å². The molecule has 45 heavy (non-hydrogen) atoms. The fourth-order valence-electron chi connectivity index (χ4n) is 5.52. The van der Waals surface area contributed by atoms with Crippen LogP contribution in [0.4, 0.5) is 14.5 Å². The van der Waals surface area contributed by atoms with Crippen molar-refractivity contribution in [1.29, 1.82) is 0 Å². The van der Waals surface area contributed by atoms with Gasteiger partial charge in [-0.3, -0.25) is 19.3 Å². The summed E-state index contributed by atoms with van der Waals surface area (Å²) < 4.78 is 31.0. The number of anilines is 1. The Morgan fingerprint density at radius 2 is 1.87 bits per heavy atom. The number of hydrogen-bond donors (Lipinski definition) is 1. The van der Waals surface area contributed by atoms with E-state index >= 15 is 0 Å². The Morgan fingerprint density at radius 1 is 1.04 bits per heavy atom. The number of carbonyl (C=O) groups excluding carboxylic acids is 1. The van der Waals surface area contributed by atoms with Crippen LogP contribution in [-0.4, -0.2) is 46.7 Å². The molecule has 1 aromatic carbocycles. The van der Waals surface area contributed by atoms with E-state index in [4.69, 9.17) is 34.8 Å². The van der Waals surface area contributed by atoms with Gasteiger partial charge >= 0.3 is 0 Å². The van der Waals surface area contributed by atoms with Crippen LogP contribution in [0.25, 0.3) is 28.1 Å². The van der Waals surface area contributed by atoms with Crippen molar-refractivity contribution < 1.29 is 13.6 Å². The van der Waals surface area contributed by atoms with Crippen LogP contribution in [0, 0.1) is 5.92 Å². The third kappa shape index (κ3) is 6.35. The molecule has 1 aliphatic rings. The molecule has 1 amide bonds. The summed E-state index contributed by atoms with van der Waals surface area (Å²) in [5.41, 5.74) is 2.82. The highest BCUT2D eigenvalue weighted by molar-refractivity contribution is 6.34. The highest BCUT2D eigenvalue weighted by Gasteiger charge is 2.26. The van der Waals surface area contributed by atoms with Crippen molar-refractivity contribution in [3.63, 3.8) is 0 Å². The number of fused-ring (bicyclic) bond motifs is 4. The first-order valence-electron chi connectivity index (χ1n) is 14.0. The van der Waals surface area contributed by atoms with E-state index in [9.17, 15) is 18.4 Å². The molecule has 15 heteroatoms. The standard InChI is InChI=1S/C30H25Cl3F2N8O2/c1-16-3-2-4-25(22-9-17(7-8-36-22)29-23(38-30(16)45)12-37-43(29)15-27(34)35)41-13-21(32)19(11-28(41)44)20-10-18(31)5-6-24(20)42-14-26(33)39-40-42/h5-14,16,25,27H,2-4,15H2,1H3,(H,38,45)/t16-,25+/m1/s1. The summed E-state index contributed by atoms with van der Waals surface area (Å²) in [6.07, 6.45) is 4.85. The Bertz CT molecular complexity index is 1960. The Balaban J connectivity index is 1.47. The van der Waals surface area contributed by atoms with Gasteiger partial charge in [-0.2, -0.15) is 5.10 Å². The van der Waals surface area contributed by atoms with Gasteiger partial charge in [0, 0.05) is 46.1 Å². The maximum absolute atomic E-state index is 13.8. The molecule has 0 unspecified atom stereocenters. The fraction of sp³-hybridized carbons (Fsp3) is 0.267. The number of rotatable bonds is 5. The van der Waals surface area contributed by atoms with Gasteiger partial charge in [-0.1, -0.05) is 53.4 Å². The summed E-state index contributed by atoms with van der Waals surface area (Å²) >= 11 is 19.2. The molecule has 232 valence electrons. The average Bonchev–Trinajstić information content (AvgIpc) is 3.61. The third-order valence-electron chi connectivity index (χ3n) is 7.70. The second-order valence-electron chi connectivity index (χ2n) is 10.7. The average molecular weight is 674 g/mol. The highest BCUT2D eigenvalue weighted by Crippen LogP contribution is 2.36. The number of pyridine rings is 2. The number of aromatic nitrogens is 7. The highest BCUT2D eigenvalue weighted by atomic mass is 35.5. The van der Waals surface area contributed by atoms with E-state index in [1.54, 1.807) is 49.6 Å². The molecule has 0 radical (unpaired) electrons. The number of hydrogen-bond acceptors (Lipinski definition) is 6. The van der Waals surface area contributed by atoms with Gasteiger partial charge in [0.05, 0.1) is 46.2 Å². The number of nitrogens with one attached hydrogen (secondary N) is 1. The van der Waals surface area contributed by atoms with Gasteiger partial charge in [0.2, 0.25) is 5.91 Å². The lowest BCUT2D eigenvalue weighted by Crippen LogP contribution is -2.27. The lowest BCUT2D eigenvalue weighted by Gasteiger charge is -2.23. The first-order chi connectivity index (χ1) is 21.6. The van der Waals surface area contributed by atoms with Crippen molar-refractivity contribution in [2.24, 2.45) is 5.92 Å². The molecule has 5 heterocycles. The van der Waals surface area contributed by atoms with Crippen LogP contribution in [0.5, 0.6) is 0 Å². The van der Waals surface area contributed by atoms with E-state index in [1.165, 1.54) is 27.7 Å². The van der Waals surface area contributed by atoms with Crippen LogP contribution in [0.2, 0.25) is 15.2 Å². The minimum Gasteiger partial charge on any atom is -0.323 e. The van der Waals surface area contributed by atoms with Gasteiger partial charge in [-0.15, -0.1) is 5.10 Å². The molecule has 5 aromatic rings. The van der Waals surface area contributed by atoms with Gasteiger partial charge < -0.3 is 9.88 Å². The van der Waals surface area contributed by atoms with Gasteiger partial charge in [-0.05, 0) is 43.2 Å². The summed E-state index contributed by atoms with van der Waals surface area (Å²) in [7, 11) is 0. The van der Waals surface area contributed by atoms with E-state index in [1.807, 2.05) is 0 Å². The number of benzene rings is 1. The SMILES string of the molecule is C[C@@H]1CCC[C@H](n2cc(Cl)c(-c3cc(Cl)ccc3-n3cc(Cl)nn3)cc2=O)c2cc(ccn2)-c2c(cnn2CC(F)F)NC1=O. The third-order valence-corrected chi connectivity index (χ3v) is 8.40. The summed E-state index contributed by atoms with van der Waals surface area (Å²) in [5.74, 6) is -0.647. The summed E-state index contributed by atoms with van der Waals surface area (Å²) in [4.78, 5) is 31.4. The molecular formula is C30H25Cl3F2N8O2. The first kappa shape index (κ1) is 30.9. The molecule has 0 spiro atoms. The zero-order chi connectivity index (χ0) is 31.8. The van der Waals surface area contributed by atoms with Crippen molar-refractivity contribution in [1.82, 2.24) is 34.3 Å². The number of carbonyl (C=O) groups is 1. The van der Waals surface area contributed by atoms with Crippen LogP contribution in [0.3, 0.4) is 0 Å². The number of amides is 1. The number of halogens is 5. The molecule has 1 aliphatic heterocycles. The van der Waals surface area contributed by atoms with E-state index < -0.39 is 24.9 Å². The largest absolute Gasteiger partial charge is 0.323 e. The molecule has 4 aromatic heterocycles. The molecule has 6 rings (SSSR count). The van der Waals surface area contributed by atoms with Crippen LogP contribution in [0.1, 0.15) is 37.9 Å². The minimum absolute atomic E-state index is 0.186. The van der Waals surface area contributed by atoms with Gasteiger partial charge in [-0.25, -0.2) is 13.5 Å². The first-order valence-corrected chi connectivity index (χ1v) is 15.1. The fourth-order valence-corrected chi connectivity index (χ4v) is 6.08. The number of nitrogens with zero attached hydrogens (tertiary/aromatic N) is 7. The van der Waals surface area contributed by atoms with Crippen molar-refractivity contribution >= 4 is 46.4 Å². The molecule has 10 nitrogen and oxygen atoms in total. The van der Waals surface area contributed by atoms with Crippen molar-refractivity contribution in [3.8, 4) is 28.1 Å². The molecule has 1 N–H and O–H groups in total. The Labute approximate surface area is 270 Å². The van der Waals surface area contributed by atoms with E-state index in [0.29, 0.717) is 63.7 Å². The zero-order valence-corrected chi connectivity index (χ0v) is 25.9. The zero-order valence-electron chi connectivity index (χ0n) is 23.7. The molecule has 2 atom stereocenters. The summed E-state index contributed by atoms with van der Waals surface area (Å²) in [6.45, 7) is 1.13. The lowest BCUT2D eigenvalue weighted by atomic mass is 9.96. The molecular weight excluding hydrogens is 649 g/mol. The van der Waals surface area contributed by atoms with Gasteiger partial charge in [0.15, 0.2) is 5.15 Å². The molecule has 2 bridgehead atoms. The molecule has 0 fully saturated rings. The van der Waals surface area contributed by atoms with Crippen LogP contribution >= 0.6 is 34.8 Å². The maximum Gasteiger partial charge on any atom is 0.257 e. The van der Waals surface area contributed by atoms with E-state index in [-0.39, 0.29) is 21.6 Å². The molecule has 0 saturated heterocycles. The Hall–Kier alpha value is -4.13. The quantitative estimate of drug-likeness (QED) is 0.217. The predicted octanol–water partition coefficient (Wildman–Crippen LogP) is 6.93. The lowest BCUT2D eigenvalue weighted by molar-refractivity contribution is -0.119. The van der Waals surface area contributed by atoms with Crippen molar-refractivity contribution in [3.05, 3.63) is 92.4 Å². The summed E-state index contributed by atoms with van der Waals surface area (Å²) in [5, 5.41) is 15.7. The Morgan fingerprint density at radius 3 is 2.62 bits per heavy atom. The van der Waals surface area contributed by atoms with Gasteiger partial charge in [0.1, 0.15) is 6.54 Å². The second-order valence-corrected chi connectivity index (χ2v) is 11.9. The second kappa shape index (κ2) is 12.7. The van der Waals surface area contributed by atoms with Crippen molar-refractivity contribution in [2.75, 3.05) is 5.32 Å². The van der Waals surface area contributed by atoms with Crippen LogP contribution in [-0.2, 0) is 11.3 Å². The summed E-state index contributed by atoms with van der Waals surface area (Å²) in [6, 6.07) is 9.28. The predicted molar refractivity (Wildman–Crippen MR) is 167 cm³/mol. The molecule has 0 saturated carbocycles. The Kier molecular flexibility index (Phi) is 8.71. The van der Waals surface area contributed by atoms with E-state index in [0.717, 1.165) is 4.68 Å². The molecule has 0 aliphatic carbocycles.